The van der Waals surface area contributed by atoms with E-state index in [1.807, 2.05) is 13.8 Å². The first-order valence-corrected chi connectivity index (χ1v) is 4.74. The first-order chi connectivity index (χ1) is 6.68. The smallest absolute Gasteiger partial charge is 0.156 e. The Labute approximate surface area is 82.6 Å². The molecule has 1 fully saturated rings. The summed E-state index contributed by atoms with van der Waals surface area (Å²) in [5, 5.41) is 0. The Morgan fingerprint density at radius 3 is 2.43 bits per heavy atom. The summed E-state index contributed by atoms with van der Waals surface area (Å²) in [4.78, 5) is 0. The number of hydrogen-bond acceptors (Lipinski definition) is 2. The van der Waals surface area contributed by atoms with Crippen molar-refractivity contribution in [1.29, 1.82) is 0 Å². The van der Waals surface area contributed by atoms with Crippen LogP contribution < -0.4 is 0 Å². The second kappa shape index (κ2) is 3.67. The maximum absolute atomic E-state index is 13.4. The van der Waals surface area contributed by atoms with E-state index in [4.69, 9.17) is 9.47 Å². The maximum atomic E-state index is 13.4. The molecule has 1 aliphatic heterocycles. The van der Waals surface area contributed by atoms with Gasteiger partial charge in [0.15, 0.2) is 6.29 Å². The van der Waals surface area contributed by atoms with Crippen LogP contribution >= 0.6 is 0 Å². The Morgan fingerprint density at radius 2 is 1.86 bits per heavy atom. The Balaban J connectivity index is 2.27. The Bertz CT molecular complexity index is 327. The van der Waals surface area contributed by atoms with Gasteiger partial charge in [0, 0.05) is 5.56 Å². The van der Waals surface area contributed by atoms with Gasteiger partial charge in [-0.1, -0.05) is 18.2 Å². The van der Waals surface area contributed by atoms with E-state index >= 15 is 0 Å². The lowest BCUT2D eigenvalue weighted by molar-refractivity contribution is -0.0497. The third-order valence-electron chi connectivity index (χ3n) is 2.38. The second-order valence-corrected chi connectivity index (χ2v) is 3.49. The van der Waals surface area contributed by atoms with Gasteiger partial charge in [-0.25, -0.2) is 4.39 Å². The summed E-state index contributed by atoms with van der Waals surface area (Å²) in [5.74, 6) is -0.234. The minimum Gasteiger partial charge on any atom is -0.347 e. The number of ether oxygens (including phenoxy) is 2. The molecule has 1 saturated heterocycles. The SMILES string of the molecule is CC1OC(C)C(c2ccccc2F)O1. The lowest BCUT2D eigenvalue weighted by atomic mass is 10.1. The van der Waals surface area contributed by atoms with Gasteiger partial charge in [0.25, 0.3) is 0 Å². The average Bonchev–Trinajstić information content (AvgIpc) is 2.46. The zero-order chi connectivity index (χ0) is 10.1. The molecular formula is C11H13FO2. The van der Waals surface area contributed by atoms with Gasteiger partial charge >= 0.3 is 0 Å². The maximum Gasteiger partial charge on any atom is 0.156 e. The number of halogens is 1. The van der Waals surface area contributed by atoms with Gasteiger partial charge in [-0.05, 0) is 19.9 Å². The number of benzene rings is 1. The topological polar surface area (TPSA) is 18.5 Å². The molecule has 0 N–H and O–H groups in total. The molecule has 0 aliphatic carbocycles. The van der Waals surface area contributed by atoms with Crippen LogP contribution in [0.2, 0.25) is 0 Å². The van der Waals surface area contributed by atoms with E-state index in [0.29, 0.717) is 5.56 Å². The summed E-state index contributed by atoms with van der Waals surface area (Å²) in [6.07, 6.45) is -0.636. The fourth-order valence-electron chi connectivity index (χ4n) is 1.75. The molecule has 2 nitrogen and oxygen atoms in total. The molecular weight excluding hydrogens is 183 g/mol. The molecule has 1 aromatic rings. The van der Waals surface area contributed by atoms with Gasteiger partial charge in [0.2, 0.25) is 0 Å². The normalized spacial score (nSPS) is 32.1. The van der Waals surface area contributed by atoms with Crippen LogP contribution in [0.3, 0.4) is 0 Å². The van der Waals surface area contributed by atoms with Crippen molar-refractivity contribution in [2.24, 2.45) is 0 Å². The fourth-order valence-corrected chi connectivity index (χ4v) is 1.75. The van der Waals surface area contributed by atoms with Gasteiger partial charge in [-0.2, -0.15) is 0 Å². The highest BCUT2D eigenvalue weighted by molar-refractivity contribution is 5.21. The molecule has 14 heavy (non-hydrogen) atoms. The van der Waals surface area contributed by atoms with Crippen molar-refractivity contribution in [3.8, 4) is 0 Å². The standard InChI is InChI=1S/C11H13FO2/c1-7-11(14-8(2)13-7)9-5-3-4-6-10(9)12/h3-8,11H,1-2H3. The van der Waals surface area contributed by atoms with Gasteiger partial charge in [0.05, 0.1) is 6.10 Å². The predicted molar refractivity (Wildman–Crippen MR) is 50.2 cm³/mol. The quantitative estimate of drug-likeness (QED) is 0.687. The number of rotatable bonds is 1. The van der Waals surface area contributed by atoms with Crippen LogP contribution in [0.4, 0.5) is 4.39 Å². The molecule has 3 atom stereocenters. The van der Waals surface area contributed by atoms with E-state index < -0.39 is 0 Å². The molecule has 0 bridgehead atoms. The van der Waals surface area contributed by atoms with E-state index in [9.17, 15) is 4.39 Å². The van der Waals surface area contributed by atoms with E-state index in [1.54, 1.807) is 18.2 Å². The third-order valence-corrected chi connectivity index (χ3v) is 2.38. The molecule has 3 heteroatoms. The minimum absolute atomic E-state index is 0.0955. The van der Waals surface area contributed by atoms with Crippen LogP contribution in [0.25, 0.3) is 0 Å². The van der Waals surface area contributed by atoms with Crippen molar-refractivity contribution in [3.63, 3.8) is 0 Å². The summed E-state index contributed by atoms with van der Waals surface area (Å²) in [7, 11) is 0. The summed E-state index contributed by atoms with van der Waals surface area (Å²) < 4.78 is 24.3. The zero-order valence-corrected chi connectivity index (χ0v) is 8.24. The summed E-state index contributed by atoms with van der Waals surface area (Å²) in [6.45, 7) is 3.71. The average molecular weight is 196 g/mol. The van der Waals surface area contributed by atoms with Crippen molar-refractivity contribution in [1.82, 2.24) is 0 Å². The first kappa shape index (κ1) is 9.62. The van der Waals surface area contributed by atoms with Crippen LogP contribution in [0, 0.1) is 5.82 Å². The second-order valence-electron chi connectivity index (χ2n) is 3.49. The van der Waals surface area contributed by atoms with E-state index in [0.717, 1.165) is 0 Å². The lowest BCUT2D eigenvalue weighted by Gasteiger charge is -2.13. The summed E-state index contributed by atoms with van der Waals surface area (Å²) >= 11 is 0. The van der Waals surface area contributed by atoms with Crippen LogP contribution in [-0.2, 0) is 9.47 Å². The Morgan fingerprint density at radius 1 is 1.14 bits per heavy atom. The third kappa shape index (κ3) is 1.65. The molecule has 1 heterocycles. The van der Waals surface area contributed by atoms with Crippen molar-refractivity contribution >= 4 is 0 Å². The minimum atomic E-state index is -0.286. The molecule has 0 amide bonds. The lowest BCUT2D eigenvalue weighted by Crippen LogP contribution is -2.11. The molecule has 1 aliphatic rings. The molecule has 0 spiro atoms. The van der Waals surface area contributed by atoms with Crippen molar-refractivity contribution in [3.05, 3.63) is 35.6 Å². The molecule has 3 unspecified atom stereocenters. The van der Waals surface area contributed by atoms with Gasteiger partial charge < -0.3 is 9.47 Å². The highest BCUT2D eigenvalue weighted by atomic mass is 19.1. The van der Waals surface area contributed by atoms with E-state index in [2.05, 4.69) is 0 Å². The zero-order valence-electron chi connectivity index (χ0n) is 8.24. The molecule has 0 saturated carbocycles. The van der Waals surface area contributed by atoms with E-state index in [-0.39, 0.29) is 24.3 Å². The monoisotopic (exact) mass is 196 g/mol. The summed E-state index contributed by atoms with van der Waals surface area (Å²) in [5.41, 5.74) is 0.573. The predicted octanol–water partition coefficient (Wildman–Crippen LogP) is 2.65. The van der Waals surface area contributed by atoms with E-state index in [1.165, 1.54) is 6.07 Å². The van der Waals surface area contributed by atoms with Crippen molar-refractivity contribution in [2.45, 2.75) is 32.3 Å². The largest absolute Gasteiger partial charge is 0.347 e. The fraction of sp³-hybridized carbons (Fsp3) is 0.455. The van der Waals surface area contributed by atoms with Crippen molar-refractivity contribution < 1.29 is 13.9 Å². The molecule has 1 aromatic carbocycles. The van der Waals surface area contributed by atoms with Crippen LogP contribution in [0.5, 0.6) is 0 Å². The number of hydrogen-bond donors (Lipinski definition) is 0. The Hall–Kier alpha value is -0.930. The molecule has 0 aromatic heterocycles. The highest BCUT2D eigenvalue weighted by Gasteiger charge is 2.32. The van der Waals surface area contributed by atoms with Crippen LogP contribution in [-0.4, -0.2) is 12.4 Å². The van der Waals surface area contributed by atoms with Gasteiger partial charge in [-0.3, -0.25) is 0 Å². The molecule has 0 radical (unpaired) electrons. The first-order valence-electron chi connectivity index (χ1n) is 4.74. The van der Waals surface area contributed by atoms with Crippen molar-refractivity contribution in [2.75, 3.05) is 0 Å². The van der Waals surface area contributed by atoms with Gasteiger partial charge in [-0.15, -0.1) is 0 Å². The van der Waals surface area contributed by atoms with Gasteiger partial charge in [0.1, 0.15) is 11.9 Å². The molecule has 76 valence electrons. The van der Waals surface area contributed by atoms with Crippen LogP contribution in [0.1, 0.15) is 25.5 Å². The van der Waals surface area contributed by atoms with Crippen LogP contribution in [0.15, 0.2) is 24.3 Å². The highest BCUT2D eigenvalue weighted by Crippen LogP contribution is 2.33. The Kier molecular flexibility index (Phi) is 2.52. The summed E-state index contributed by atoms with van der Waals surface area (Å²) in [6, 6.07) is 6.65. The molecule has 2 rings (SSSR count).